The maximum absolute atomic E-state index is 9.38. The third-order valence-corrected chi connectivity index (χ3v) is 3.19. The van der Waals surface area contributed by atoms with Gasteiger partial charge in [-0.2, -0.15) is 5.26 Å². The van der Waals surface area contributed by atoms with Gasteiger partial charge in [-0.05, 0) is 38.3 Å². The zero-order chi connectivity index (χ0) is 13.9. The first-order chi connectivity index (χ1) is 9.22. The lowest BCUT2D eigenvalue weighted by Gasteiger charge is -2.22. The van der Waals surface area contributed by atoms with Crippen LogP contribution in [0.4, 0.5) is 0 Å². The molecule has 0 bridgehead atoms. The quantitative estimate of drug-likeness (QED) is 0.694. The third-order valence-electron chi connectivity index (χ3n) is 3.19. The Bertz CT molecular complexity index is 370. The molecule has 0 spiro atoms. The summed E-state index contributed by atoms with van der Waals surface area (Å²) in [5.74, 6) is 0. The van der Waals surface area contributed by atoms with E-state index in [1.54, 1.807) is 0 Å². The van der Waals surface area contributed by atoms with Crippen LogP contribution in [-0.4, -0.2) is 35.7 Å². The maximum Gasteiger partial charge on any atom is 0.0622 e. The lowest BCUT2D eigenvalue weighted by atomic mass is 10.1. The van der Waals surface area contributed by atoms with Crippen molar-refractivity contribution in [1.29, 1.82) is 5.26 Å². The monoisotopic (exact) mass is 260 g/mol. The number of nitriles is 1. The normalized spacial score (nSPS) is 12.3. The van der Waals surface area contributed by atoms with Crippen LogP contribution in [0, 0.1) is 11.3 Å². The number of nitrogens with zero attached hydrogens (tertiary/aromatic N) is 2. The molecule has 0 aliphatic carbocycles. The van der Waals surface area contributed by atoms with Crippen molar-refractivity contribution in [1.82, 2.24) is 4.90 Å². The molecule has 0 aliphatic heterocycles. The zero-order valence-corrected chi connectivity index (χ0v) is 11.8. The van der Waals surface area contributed by atoms with Crippen LogP contribution in [0.1, 0.15) is 31.7 Å². The number of rotatable bonds is 9. The Morgan fingerprint density at radius 1 is 1.21 bits per heavy atom. The molecule has 0 fully saturated rings. The van der Waals surface area contributed by atoms with Crippen LogP contribution in [0.2, 0.25) is 0 Å². The molecule has 0 aliphatic rings. The van der Waals surface area contributed by atoms with Crippen molar-refractivity contribution in [2.24, 2.45) is 0 Å². The van der Waals surface area contributed by atoms with Crippen molar-refractivity contribution in [3.05, 3.63) is 35.9 Å². The number of hydrogen-bond acceptors (Lipinski definition) is 3. The number of hydrogen-bond donors (Lipinski definition) is 1. The van der Waals surface area contributed by atoms with Gasteiger partial charge >= 0.3 is 0 Å². The van der Waals surface area contributed by atoms with Crippen LogP contribution in [-0.2, 0) is 6.42 Å². The Kier molecular flexibility index (Phi) is 7.88. The number of aliphatic hydroxyl groups excluding tert-OH is 1. The van der Waals surface area contributed by atoms with Gasteiger partial charge < -0.3 is 10.0 Å². The molecular formula is C16H24N2O. The summed E-state index contributed by atoms with van der Waals surface area (Å²) in [5.41, 5.74) is 1.34. The molecular weight excluding hydrogens is 236 g/mol. The lowest BCUT2D eigenvalue weighted by molar-refractivity contribution is 0.156. The summed E-state index contributed by atoms with van der Waals surface area (Å²) >= 11 is 0. The predicted octanol–water partition coefficient (Wildman–Crippen LogP) is 2.61. The summed E-state index contributed by atoms with van der Waals surface area (Å²) < 4.78 is 0. The molecule has 0 radical (unpaired) electrons. The van der Waals surface area contributed by atoms with E-state index in [0.717, 1.165) is 38.9 Å². The van der Waals surface area contributed by atoms with Gasteiger partial charge in [0, 0.05) is 19.5 Å². The molecule has 1 unspecified atom stereocenters. The molecule has 3 nitrogen and oxygen atoms in total. The molecule has 0 heterocycles. The minimum absolute atomic E-state index is 0.254. The van der Waals surface area contributed by atoms with E-state index >= 15 is 0 Å². The van der Waals surface area contributed by atoms with E-state index in [2.05, 4.69) is 35.2 Å². The third kappa shape index (κ3) is 7.61. The minimum Gasteiger partial charge on any atom is -0.393 e. The first kappa shape index (κ1) is 15.7. The molecule has 1 atom stereocenters. The second-order valence-corrected chi connectivity index (χ2v) is 4.98. The average molecular weight is 260 g/mol. The highest BCUT2D eigenvalue weighted by Crippen LogP contribution is 2.04. The minimum atomic E-state index is -0.254. The van der Waals surface area contributed by atoms with E-state index in [1.165, 1.54) is 5.56 Å². The summed E-state index contributed by atoms with van der Waals surface area (Å²) in [6.07, 6.45) is 3.08. The van der Waals surface area contributed by atoms with Crippen LogP contribution in [0.15, 0.2) is 30.3 Å². The van der Waals surface area contributed by atoms with Gasteiger partial charge in [-0.3, -0.25) is 0 Å². The van der Waals surface area contributed by atoms with Crippen molar-refractivity contribution >= 4 is 0 Å². The van der Waals surface area contributed by atoms with Crippen molar-refractivity contribution in [3.63, 3.8) is 0 Å². The predicted molar refractivity (Wildman–Crippen MR) is 77.7 cm³/mol. The number of benzene rings is 1. The maximum atomic E-state index is 9.38. The van der Waals surface area contributed by atoms with Crippen molar-refractivity contribution in [2.45, 2.75) is 38.7 Å². The van der Waals surface area contributed by atoms with Gasteiger partial charge in [0.1, 0.15) is 0 Å². The van der Waals surface area contributed by atoms with E-state index in [4.69, 9.17) is 5.26 Å². The molecule has 0 aromatic heterocycles. The highest BCUT2D eigenvalue weighted by atomic mass is 16.3. The fourth-order valence-corrected chi connectivity index (χ4v) is 2.02. The molecule has 0 saturated carbocycles. The molecule has 1 aromatic carbocycles. The average Bonchev–Trinajstić information content (AvgIpc) is 2.42. The van der Waals surface area contributed by atoms with Gasteiger partial charge in [-0.1, -0.05) is 30.3 Å². The molecule has 104 valence electrons. The fraction of sp³-hybridized carbons (Fsp3) is 0.562. The summed E-state index contributed by atoms with van der Waals surface area (Å²) in [6.45, 7) is 4.65. The number of aliphatic hydroxyl groups is 1. The standard InChI is InChI=1S/C16H24N2O/c1-15(19)9-13-18(12-6-5-11-17)14-10-16-7-3-2-4-8-16/h2-4,7-8,15,19H,5-6,9-10,12-14H2,1H3. The summed E-state index contributed by atoms with van der Waals surface area (Å²) in [6, 6.07) is 12.6. The Hall–Kier alpha value is -1.37. The van der Waals surface area contributed by atoms with Crippen molar-refractivity contribution in [3.8, 4) is 6.07 Å². The molecule has 1 rings (SSSR count). The van der Waals surface area contributed by atoms with Gasteiger partial charge in [0.05, 0.1) is 12.2 Å². The van der Waals surface area contributed by atoms with Crippen LogP contribution < -0.4 is 0 Å². The zero-order valence-electron chi connectivity index (χ0n) is 11.8. The molecule has 0 saturated heterocycles. The summed E-state index contributed by atoms with van der Waals surface area (Å²) in [5, 5.41) is 18.0. The molecule has 1 N–H and O–H groups in total. The first-order valence-corrected chi connectivity index (χ1v) is 7.03. The Morgan fingerprint density at radius 2 is 1.95 bits per heavy atom. The number of unbranched alkanes of at least 4 members (excludes halogenated alkanes) is 1. The van der Waals surface area contributed by atoms with Gasteiger partial charge in [-0.25, -0.2) is 0 Å². The van der Waals surface area contributed by atoms with Crippen LogP contribution in [0.5, 0.6) is 0 Å². The second-order valence-electron chi connectivity index (χ2n) is 4.98. The van der Waals surface area contributed by atoms with Crippen LogP contribution in [0.25, 0.3) is 0 Å². The van der Waals surface area contributed by atoms with Crippen LogP contribution in [0.3, 0.4) is 0 Å². The smallest absolute Gasteiger partial charge is 0.0622 e. The van der Waals surface area contributed by atoms with E-state index in [0.29, 0.717) is 6.42 Å². The Labute approximate surface area is 116 Å². The fourth-order valence-electron chi connectivity index (χ4n) is 2.02. The van der Waals surface area contributed by atoms with Gasteiger partial charge in [0.2, 0.25) is 0 Å². The van der Waals surface area contributed by atoms with E-state index < -0.39 is 0 Å². The van der Waals surface area contributed by atoms with Gasteiger partial charge in [0.15, 0.2) is 0 Å². The summed E-state index contributed by atoms with van der Waals surface area (Å²) in [7, 11) is 0. The molecule has 19 heavy (non-hydrogen) atoms. The highest BCUT2D eigenvalue weighted by Gasteiger charge is 2.06. The van der Waals surface area contributed by atoms with E-state index in [9.17, 15) is 5.11 Å². The van der Waals surface area contributed by atoms with E-state index in [-0.39, 0.29) is 6.10 Å². The second kappa shape index (κ2) is 9.55. The largest absolute Gasteiger partial charge is 0.393 e. The Morgan fingerprint density at radius 3 is 2.58 bits per heavy atom. The summed E-state index contributed by atoms with van der Waals surface area (Å²) in [4.78, 5) is 2.34. The van der Waals surface area contributed by atoms with Crippen LogP contribution >= 0.6 is 0 Å². The first-order valence-electron chi connectivity index (χ1n) is 7.03. The van der Waals surface area contributed by atoms with Gasteiger partial charge in [0.25, 0.3) is 0 Å². The van der Waals surface area contributed by atoms with Crippen molar-refractivity contribution < 1.29 is 5.11 Å². The van der Waals surface area contributed by atoms with Crippen molar-refractivity contribution in [2.75, 3.05) is 19.6 Å². The lowest BCUT2D eigenvalue weighted by Crippen LogP contribution is -2.30. The van der Waals surface area contributed by atoms with E-state index in [1.807, 2.05) is 13.0 Å². The highest BCUT2D eigenvalue weighted by molar-refractivity contribution is 5.14. The van der Waals surface area contributed by atoms with Gasteiger partial charge in [-0.15, -0.1) is 0 Å². The molecule has 1 aromatic rings. The Balaban J connectivity index is 2.37. The molecule has 3 heteroatoms. The topological polar surface area (TPSA) is 47.3 Å². The SMILES string of the molecule is CC(O)CCN(CCCC#N)CCc1ccccc1. The molecule has 0 amide bonds.